The number of urea groups is 1. The topological polar surface area (TPSA) is 104 Å². The van der Waals surface area contributed by atoms with E-state index >= 15 is 0 Å². The van der Waals surface area contributed by atoms with Gasteiger partial charge in [0, 0.05) is 12.1 Å². The van der Waals surface area contributed by atoms with E-state index in [1.165, 1.54) is 0 Å². The molecule has 2 heterocycles. The molecule has 32 heavy (non-hydrogen) atoms. The van der Waals surface area contributed by atoms with Crippen molar-refractivity contribution in [3.8, 4) is 0 Å². The van der Waals surface area contributed by atoms with Gasteiger partial charge in [-0.05, 0) is 48.6 Å². The number of carbonyl (C=O) groups excluding carboxylic acids is 3. The number of imide groups is 1. The highest BCUT2D eigenvalue weighted by Gasteiger charge is 2.51. The number of hydrogen-bond donors (Lipinski definition) is 1. The largest absolute Gasteiger partial charge is 0.334 e. The molecule has 0 aromatic heterocycles. The Hall–Kier alpha value is -2.94. The third kappa shape index (κ3) is 3.54. The highest BCUT2D eigenvalue weighted by Crippen LogP contribution is 2.34. The number of benzene rings is 2. The first-order valence-corrected chi connectivity index (χ1v) is 12.6. The minimum atomic E-state index is -3.15. The molecular formula is C23H25N3O5S. The fourth-order valence-corrected chi connectivity index (χ4v) is 6.52. The van der Waals surface area contributed by atoms with E-state index in [0.717, 1.165) is 28.5 Å². The summed E-state index contributed by atoms with van der Waals surface area (Å²) in [5.41, 5.74) is -0.631. The lowest BCUT2D eigenvalue weighted by Crippen LogP contribution is -2.49. The molecule has 5 rings (SSSR count). The van der Waals surface area contributed by atoms with Crippen molar-refractivity contribution in [3.63, 3.8) is 0 Å². The molecule has 0 spiro atoms. The Morgan fingerprint density at radius 3 is 2.47 bits per heavy atom. The molecule has 1 saturated carbocycles. The molecule has 4 amide bonds. The van der Waals surface area contributed by atoms with Crippen molar-refractivity contribution < 1.29 is 22.8 Å². The maximum atomic E-state index is 13.3. The smallest absolute Gasteiger partial charge is 0.325 e. The fraction of sp³-hybridized carbons (Fsp3) is 0.435. The van der Waals surface area contributed by atoms with Gasteiger partial charge in [-0.1, -0.05) is 36.4 Å². The van der Waals surface area contributed by atoms with Crippen LogP contribution in [0, 0.1) is 0 Å². The van der Waals surface area contributed by atoms with Gasteiger partial charge in [0.2, 0.25) is 5.91 Å². The van der Waals surface area contributed by atoms with Crippen LogP contribution in [0.1, 0.15) is 31.7 Å². The van der Waals surface area contributed by atoms with Crippen molar-refractivity contribution in [2.45, 2.75) is 43.8 Å². The normalized spacial score (nSPS) is 27.0. The average Bonchev–Trinajstić information content (AvgIpc) is 3.48. The van der Waals surface area contributed by atoms with Gasteiger partial charge in [-0.2, -0.15) is 0 Å². The molecule has 2 aromatic rings. The number of sulfone groups is 1. The molecule has 2 aromatic carbocycles. The number of hydrogen-bond acceptors (Lipinski definition) is 5. The number of nitrogens with one attached hydrogen (secondary N) is 1. The second-order valence-electron chi connectivity index (χ2n) is 9.10. The number of rotatable bonds is 5. The molecule has 0 bridgehead atoms. The number of amides is 4. The molecule has 3 fully saturated rings. The monoisotopic (exact) mass is 455 g/mol. The van der Waals surface area contributed by atoms with Gasteiger partial charge < -0.3 is 10.2 Å². The second-order valence-corrected chi connectivity index (χ2v) is 11.3. The summed E-state index contributed by atoms with van der Waals surface area (Å²) in [6.45, 7) is 1.25. The van der Waals surface area contributed by atoms with Gasteiger partial charge in [0.15, 0.2) is 9.84 Å². The molecule has 8 nitrogen and oxygen atoms in total. The van der Waals surface area contributed by atoms with E-state index in [0.29, 0.717) is 12.0 Å². The summed E-state index contributed by atoms with van der Waals surface area (Å²) < 4.78 is 23.9. The fourth-order valence-electron chi connectivity index (χ4n) is 4.81. The van der Waals surface area contributed by atoms with Crippen LogP contribution in [0.4, 0.5) is 4.79 Å². The molecule has 3 aliphatic rings. The van der Waals surface area contributed by atoms with Crippen LogP contribution in [0.2, 0.25) is 0 Å². The van der Waals surface area contributed by atoms with Crippen LogP contribution in [0.25, 0.3) is 10.8 Å². The standard InChI is InChI=1S/C23H25N3O5S/c1-23(17-7-6-15-4-2-3-5-16(15)12-17)21(28)25(22(29)24-23)13-20(27)26(18-8-9-18)19-10-11-32(30,31)14-19/h2-7,12,18-19H,8-11,13-14H2,1H3,(H,24,29)/t19-,23-/m1/s1. The van der Waals surface area contributed by atoms with Crippen LogP contribution >= 0.6 is 0 Å². The zero-order valence-corrected chi connectivity index (χ0v) is 18.6. The van der Waals surface area contributed by atoms with Gasteiger partial charge >= 0.3 is 6.03 Å². The van der Waals surface area contributed by atoms with E-state index < -0.39 is 27.3 Å². The number of fused-ring (bicyclic) bond motifs is 1. The molecule has 168 valence electrons. The second kappa shape index (κ2) is 7.30. The van der Waals surface area contributed by atoms with E-state index in [9.17, 15) is 22.8 Å². The lowest BCUT2D eigenvalue weighted by atomic mass is 9.90. The zero-order valence-electron chi connectivity index (χ0n) is 17.8. The van der Waals surface area contributed by atoms with E-state index in [4.69, 9.17) is 0 Å². The molecule has 9 heteroatoms. The summed E-state index contributed by atoms with van der Waals surface area (Å²) in [4.78, 5) is 41.8. The van der Waals surface area contributed by atoms with Gasteiger partial charge in [0.1, 0.15) is 12.1 Å². The van der Waals surface area contributed by atoms with Crippen molar-refractivity contribution in [1.29, 1.82) is 0 Å². The lowest BCUT2D eigenvalue weighted by Gasteiger charge is -2.30. The van der Waals surface area contributed by atoms with Crippen LogP contribution in [-0.4, -0.2) is 66.2 Å². The Morgan fingerprint density at radius 2 is 1.81 bits per heavy atom. The van der Waals surface area contributed by atoms with Crippen LogP contribution in [-0.2, 0) is 25.0 Å². The van der Waals surface area contributed by atoms with Crippen LogP contribution in [0.3, 0.4) is 0 Å². The Bertz CT molecular complexity index is 1240. The maximum Gasteiger partial charge on any atom is 0.325 e. The van der Waals surface area contributed by atoms with E-state index in [1.54, 1.807) is 11.8 Å². The molecule has 1 N–H and O–H groups in total. The quantitative estimate of drug-likeness (QED) is 0.693. The number of carbonyl (C=O) groups is 3. The first kappa shape index (κ1) is 20.9. The molecule has 2 aliphatic heterocycles. The van der Waals surface area contributed by atoms with E-state index in [1.807, 2.05) is 42.5 Å². The van der Waals surface area contributed by atoms with Crippen LogP contribution < -0.4 is 5.32 Å². The van der Waals surface area contributed by atoms with Gasteiger partial charge in [-0.25, -0.2) is 13.2 Å². The van der Waals surface area contributed by atoms with Crippen molar-refractivity contribution in [2.75, 3.05) is 18.1 Å². The SMILES string of the molecule is C[C@]1(c2ccc3ccccc3c2)NC(=O)N(CC(=O)N(C2CC2)[C@@H]2CCS(=O)(=O)C2)C1=O. The van der Waals surface area contributed by atoms with Crippen molar-refractivity contribution in [1.82, 2.24) is 15.1 Å². The summed E-state index contributed by atoms with van der Waals surface area (Å²) in [5, 5.41) is 4.73. The predicted octanol–water partition coefficient (Wildman–Crippen LogP) is 1.78. The van der Waals surface area contributed by atoms with Crippen molar-refractivity contribution in [2.24, 2.45) is 0 Å². The van der Waals surface area contributed by atoms with Crippen LogP contribution in [0.15, 0.2) is 42.5 Å². The van der Waals surface area contributed by atoms with E-state index in [-0.39, 0.29) is 36.0 Å². The average molecular weight is 456 g/mol. The third-order valence-electron chi connectivity index (χ3n) is 6.73. The van der Waals surface area contributed by atoms with Crippen molar-refractivity contribution in [3.05, 3.63) is 48.0 Å². The summed E-state index contributed by atoms with van der Waals surface area (Å²) in [7, 11) is -3.15. The van der Waals surface area contributed by atoms with Gasteiger partial charge in [0.25, 0.3) is 5.91 Å². The maximum absolute atomic E-state index is 13.3. The number of nitrogens with zero attached hydrogens (tertiary/aromatic N) is 2. The Kier molecular flexibility index (Phi) is 4.77. The van der Waals surface area contributed by atoms with Crippen LogP contribution in [0.5, 0.6) is 0 Å². The Balaban J connectivity index is 1.38. The summed E-state index contributed by atoms with van der Waals surface area (Å²) in [6, 6.07) is 12.3. The van der Waals surface area contributed by atoms with Gasteiger partial charge in [0.05, 0.1) is 11.5 Å². The summed E-state index contributed by atoms with van der Waals surface area (Å²) >= 11 is 0. The molecular weight excluding hydrogens is 430 g/mol. The third-order valence-corrected chi connectivity index (χ3v) is 8.48. The zero-order chi connectivity index (χ0) is 22.7. The van der Waals surface area contributed by atoms with Gasteiger partial charge in [-0.15, -0.1) is 0 Å². The van der Waals surface area contributed by atoms with Gasteiger partial charge in [-0.3, -0.25) is 14.5 Å². The summed E-state index contributed by atoms with van der Waals surface area (Å²) in [5.74, 6) is -0.844. The first-order valence-electron chi connectivity index (χ1n) is 10.8. The highest BCUT2D eigenvalue weighted by atomic mass is 32.2. The minimum Gasteiger partial charge on any atom is -0.334 e. The predicted molar refractivity (Wildman–Crippen MR) is 118 cm³/mol. The molecule has 1 aliphatic carbocycles. The minimum absolute atomic E-state index is 0.00608. The Labute approximate surface area is 186 Å². The lowest BCUT2D eigenvalue weighted by molar-refractivity contribution is -0.140. The molecule has 0 radical (unpaired) electrons. The van der Waals surface area contributed by atoms with Crippen molar-refractivity contribution >= 4 is 38.5 Å². The molecule has 2 saturated heterocycles. The molecule has 0 unspecified atom stereocenters. The first-order chi connectivity index (χ1) is 15.2. The Morgan fingerprint density at radius 1 is 1.09 bits per heavy atom. The molecule has 2 atom stereocenters. The van der Waals surface area contributed by atoms with E-state index in [2.05, 4.69) is 5.32 Å². The summed E-state index contributed by atoms with van der Waals surface area (Å²) in [6.07, 6.45) is 2.04. The highest BCUT2D eigenvalue weighted by molar-refractivity contribution is 7.91.